The number of carboxylic acids is 1. The molecule has 0 bridgehead atoms. The molecule has 0 atom stereocenters. The summed E-state index contributed by atoms with van der Waals surface area (Å²) in [5.41, 5.74) is 0. The van der Waals surface area contributed by atoms with Crippen molar-refractivity contribution in [3.05, 3.63) is 30.5 Å². The molecule has 1 aliphatic rings. The van der Waals surface area contributed by atoms with E-state index in [9.17, 15) is 4.79 Å². The van der Waals surface area contributed by atoms with Gasteiger partial charge in [-0.25, -0.2) is 0 Å². The largest absolute Gasteiger partial charge is 0.481 e. The molecular formula is C12H11N3O2. The summed E-state index contributed by atoms with van der Waals surface area (Å²) in [7, 11) is 0. The van der Waals surface area contributed by atoms with E-state index in [-0.39, 0.29) is 5.92 Å². The van der Waals surface area contributed by atoms with Gasteiger partial charge in [0.15, 0.2) is 5.82 Å². The summed E-state index contributed by atoms with van der Waals surface area (Å²) >= 11 is 0. The van der Waals surface area contributed by atoms with Crippen LogP contribution >= 0.6 is 0 Å². The third-order valence-electron chi connectivity index (χ3n) is 3.08. The number of nitrogens with zero attached hydrogens (tertiary/aromatic N) is 3. The molecule has 1 fully saturated rings. The van der Waals surface area contributed by atoms with E-state index in [1.807, 2.05) is 29.2 Å². The van der Waals surface area contributed by atoms with E-state index in [2.05, 4.69) is 10.2 Å². The van der Waals surface area contributed by atoms with E-state index in [1.54, 1.807) is 6.20 Å². The first-order valence-electron chi connectivity index (χ1n) is 5.44. The van der Waals surface area contributed by atoms with Crippen LogP contribution in [0.1, 0.15) is 0 Å². The van der Waals surface area contributed by atoms with Gasteiger partial charge < -0.3 is 10.0 Å². The van der Waals surface area contributed by atoms with Gasteiger partial charge in [0.25, 0.3) is 0 Å². The minimum atomic E-state index is -0.741. The first-order chi connectivity index (χ1) is 8.25. The van der Waals surface area contributed by atoms with Gasteiger partial charge in [-0.15, -0.1) is 5.10 Å². The van der Waals surface area contributed by atoms with Crippen molar-refractivity contribution in [2.75, 3.05) is 18.0 Å². The first kappa shape index (κ1) is 10.0. The second-order valence-electron chi connectivity index (χ2n) is 4.20. The Hall–Kier alpha value is -2.17. The monoisotopic (exact) mass is 229 g/mol. The maximum atomic E-state index is 10.8. The number of hydrogen-bond acceptors (Lipinski definition) is 4. The quantitative estimate of drug-likeness (QED) is 0.836. The molecule has 0 unspecified atom stereocenters. The fraction of sp³-hybridized carbons (Fsp3) is 0.250. The Morgan fingerprint density at radius 1 is 1.35 bits per heavy atom. The highest BCUT2D eigenvalue weighted by molar-refractivity contribution is 5.92. The lowest BCUT2D eigenvalue weighted by molar-refractivity contribution is -0.142. The number of carbonyl (C=O) groups is 1. The summed E-state index contributed by atoms with van der Waals surface area (Å²) in [6, 6.07) is 7.85. The summed E-state index contributed by atoms with van der Waals surface area (Å²) in [5, 5.41) is 18.9. The minimum Gasteiger partial charge on any atom is -0.481 e. The molecule has 1 aromatic carbocycles. The van der Waals surface area contributed by atoms with Crippen LogP contribution in [0, 0.1) is 5.92 Å². The molecule has 1 aliphatic heterocycles. The zero-order chi connectivity index (χ0) is 11.8. The van der Waals surface area contributed by atoms with Crippen LogP contribution in [0.25, 0.3) is 10.8 Å². The molecule has 1 aromatic heterocycles. The standard InChI is InChI=1S/C12H11N3O2/c16-12(17)9-6-15(7-9)11-10-4-2-1-3-8(10)5-13-14-11/h1-5,9H,6-7H2,(H,16,17). The van der Waals surface area contributed by atoms with E-state index >= 15 is 0 Å². The average Bonchev–Trinajstić information content (AvgIpc) is 2.27. The maximum Gasteiger partial charge on any atom is 0.310 e. The molecule has 5 heteroatoms. The third-order valence-corrected chi connectivity index (χ3v) is 3.08. The molecule has 3 rings (SSSR count). The van der Waals surface area contributed by atoms with Crippen molar-refractivity contribution >= 4 is 22.6 Å². The second kappa shape index (κ2) is 3.69. The Kier molecular flexibility index (Phi) is 2.18. The van der Waals surface area contributed by atoms with Gasteiger partial charge in [-0.3, -0.25) is 4.79 Å². The smallest absolute Gasteiger partial charge is 0.310 e. The molecule has 2 aromatic rings. The molecule has 86 valence electrons. The minimum absolute atomic E-state index is 0.282. The van der Waals surface area contributed by atoms with Crippen LogP contribution in [0.4, 0.5) is 5.82 Å². The summed E-state index contributed by atoms with van der Waals surface area (Å²) < 4.78 is 0. The highest BCUT2D eigenvalue weighted by Gasteiger charge is 2.34. The van der Waals surface area contributed by atoms with E-state index in [4.69, 9.17) is 5.11 Å². The van der Waals surface area contributed by atoms with Gasteiger partial charge in [-0.05, 0) is 0 Å². The average molecular weight is 229 g/mol. The number of anilines is 1. The van der Waals surface area contributed by atoms with E-state index in [1.165, 1.54) is 0 Å². The topological polar surface area (TPSA) is 66.3 Å². The molecule has 5 nitrogen and oxygen atoms in total. The van der Waals surface area contributed by atoms with E-state index in [0.717, 1.165) is 16.6 Å². The van der Waals surface area contributed by atoms with Crippen LogP contribution in [-0.2, 0) is 4.79 Å². The van der Waals surface area contributed by atoms with Crippen molar-refractivity contribution < 1.29 is 9.90 Å². The van der Waals surface area contributed by atoms with E-state index in [0.29, 0.717) is 13.1 Å². The summed E-state index contributed by atoms with van der Waals surface area (Å²) in [5.74, 6) is -0.245. The SMILES string of the molecule is O=C(O)C1CN(c2nncc3ccccc23)C1. The second-order valence-corrected chi connectivity index (χ2v) is 4.20. The molecule has 2 heterocycles. The highest BCUT2D eigenvalue weighted by atomic mass is 16.4. The van der Waals surface area contributed by atoms with Gasteiger partial charge in [-0.2, -0.15) is 5.10 Å². The fourth-order valence-corrected chi connectivity index (χ4v) is 2.05. The van der Waals surface area contributed by atoms with Crippen molar-refractivity contribution in [1.82, 2.24) is 10.2 Å². The fourth-order valence-electron chi connectivity index (χ4n) is 2.05. The molecule has 0 saturated carbocycles. The lowest BCUT2D eigenvalue weighted by atomic mass is 10.00. The van der Waals surface area contributed by atoms with Crippen molar-refractivity contribution in [2.45, 2.75) is 0 Å². The Morgan fingerprint density at radius 2 is 2.12 bits per heavy atom. The molecule has 0 aliphatic carbocycles. The predicted octanol–water partition coefficient (Wildman–Crippen LogP) is 1.15. The molecule has 0 spiro atoms. The van der Waals surface area contributed by atoms with Gasteiger partial charge in [0.2, 0.25) is 0 Å². The molecule has 1 N–H and O–H groups in total. The number of rotatable bonds is 2. The summed E-state index contributed by atoms with van der Waals surface area (Å²) in [6.45, 7) is 1.02. The first-order valence-corrected chi connectivity index (χ1v) is 5.44. The molecule has 1 saturated heterocycles. The maximum absolute atomic E-state index is 10.8. The van der Waals surface area contributed by atoms with Gasteiger partial charge in [0.1, 0.15) is 0 Å². The zero-order valence-corrected chi connectivity index (χ0v) is 9.08. The van der Waals surface area contributed by atoms with Crippen molar-refractivity contribution in [1.29, 1.82) is 0 Å². The lowest BCUT2D eigenvalue weighted by Gasteiger charge is -2.37. The number of aromatic nitrogens is 2. The Labute approximate surface area is 97.7 Å². The number of hydrogen-bond donors (Lipinski definition) is 1. The highest BCUT2D eigenvalue weighted by Crippen LogP contribution is 2.28. The van der Waals surface area contributed by atoms with Crippen LogP contribution in [0.5, 0.6) is 0 Å². The van der Waals surface area contributed by atoms with Crippen molar-refractivity contribution in [3.63, 3.8) is 0 Å². The van der Waals surface area contributed by atoms with Crippen molar-refractivity contribution in [2.24, 2.45) is 5.92 Å². The Morgan fingerprint density at radius 3 is 2.88 bits per heavy atom. The number of benzene rings is 1. The lowest BCUT2D eigenvalue weighted by Crippen LogP contribution is -2.50. The van der Waals surface area contributed by atoms with Gasteiger partial charge in [-0.1, -0.05) is 24.3 Å². The molecule has 0 amide bonds. The normalized spacial score (nSPS) is 15.9. The molecular weight excluding hydrogens is 218 g/mol. The van der Waals surface area contributed by atoms with Gasteiger partial charge in [0, 0.05) is 23.9 Å². The van der Waals surface area contributed by atoms with Gasteiger partial charge in [0.05, 0.1) is 12.1 Å². The zero-order valence-electron chi connectivity index (χ0n) is 9.08. The predicted molar refractivity (Wildman–Crippen MR) is 62.9 cm³/mol. The molecule has 0 radical (unpaired) electrons. The Bertz CT molecular complexity index is 573. The molecule has 17 heavy (non-hydrogen) atoms. The number of aliphatic carboxylic acids is 1. The van der Waals surface area contributed by atoms with Crippen LogP contribution in [-0.4, -0.2) is 34.4 Å². The Balaban J connectivity index is 1.94. The summed E-state index contributed by atoms with van der Waals surface area (Å²) in [4.78, 5) is 12.7. The number of fused-ring (bicyclic) bond motifs is 1. The summed E-state index contributed by atoms with van der Waals surface area (Å²) in [6.07, 6.45) is 1.72. The van der Waals surface area contributed by atoms with Crippen LogP contribution in [0.15, 0.2) is 30.5 Å². The van der Waals surface area contributed by atoms with Crippen LogP contribution < -0.4 is 4.90 Å². The van der Waals surface area contributed by atoms with Crippen molar-refractivity contribution in [3.8, 4) is 0 Å². The third kappa shape index (κ3) is 1.60. The van der Waals surface area contributed by atoms with Gasteiger partial charge >= 0.3 is 5.97 Å². The van der Waals surface area contributed by atoms with Crippen LogP contribution in [0.2, 0.25) is 0 Å². The van der Waals surface area contributed by atoms with E-state index < -0.39 is 5.97 Å². The van der Waals surface area contributed by atoms with Crippen LogP contribution in [0.3, 0.4) is 0 Å². The number of carboxylic acid groups (broad SMARTS) is 1.